The van der Waals surface area contributed by atoms with Crippen molar-refractivity contribution in [1.82, 2.24) is 15.5 Å². The second-order valence-corrected chi connectivity index (χ2v) is 6.24. The Balaban J connectivity index is 1.72. The molecule has 3 rings (SSSR count). The number of hydrogen-bond donors (Lipinski definition) is 2. The molecule has 20 heavy (non-hydrogen) atoms. The molecule has 6 nitrogen and oxygen atoms in total. The lowest BCUT2D eigenvalue weighted by molar-refractivity contribution is -0.0978. The zero-order valence-electron chi connectivity index (χ0n) is 12.2. The van der Waals surface area contributed by atoms with Gasteiger partial charge in [0.05, 0.1) is 31.1 Å². The molecule has 2 aliphatic heterocycles. The van der Waals surface area contributed by atoms with Gasteiger partial charge in [-0.3, -0.25) is 9.89 Å². The quantitative estimate of drug-likeness (QED) is 0.871. The van der Waals surface area contributed by atoms with Crippen LogP contribution in [0.1, 0.15) is 48.6 Å². The molecule has 3 heterocycles. The van der Waals surface area contributed by atoms with Crippen LogP contribution in [0.2, 0.25) is 0 Å². The third-order valence-corrected chi connectivity index (χ3v) is 4.03. The number of amides is 1. The van der Waals surface area contributed by atoms with E-state index in [0.29, 0.717) is 25.5 Å². The van der Waals surface area contributed by atoms with E-state index in [1.54, 1.807) is 0 Å². The topological polar surface area (TPSA) is 76.2 Å². The van der Waals surface area contributed by atoms with Gasteiger partial charge in [0.25, 0.3) is 5.91 Å². The average Bonchev–Trinajstić information content (AvgIpc) is 2.77. The summed E-state index contributed by atoms with van der Waals surface area (Å²) >= 11 is 0. The van der Waals surface area contributed by atoms with Crippen molar-refractivity contribution in [3.63, 3.8) is 0 Å². The largest absolute Gasteiger partial charge is 0.380 e. The number of hydrogen-bond acceptors (Lipinski definition) is 4. The number of ether oxygens (including phenoxy) is 2. The van der Waals surface area contributed by atoms with Gasteiger partial charge in [-0.2, -0.15) is 5.10 Å². The van der Waals surface area contributed by atoms with Crippen molar-refractivity contribution in [2.45, 2.75) is 39.4 Å². The molecule has 0 unspecified atom stereocenters. The van der Waals surface area contributed by atoms with E-state index in [-0.39, 0.29) is 23.5 Å². The van der Waals surface area contributed by atoms with E-state index in [9.17, 15) is 4.79 Å². The van der Waals surface area contributed by atoms with E-state index >= 15 is 0 Å². The minimum absolute atomic E-state index is 0.0413. The number of carbonyl (C=O) groups excluding carboxylic acids is 1. The van der Waals surface area contributed by atoms with Gasteiger partial charge in [0.2, 0.25) is 0 Å². The molecule has 1 amide bonds. The zero-order chi connectivity index (χ0) is 14.3. The number of carbonyl (C=O) groups is 1. The van der Waals surface area contributed by atoms with Gasteiger partial charge in [-0.15, -0.1) is 0 Å². The van der Waals surface area contributed by atoms with Gasteiger partial charge >= 0.3 is 0 Å². The fourth-order valence-electron chi connectivity index (χ4n) is 2.79. The smallest absolute Gasteiger partial charge is 0.272 e. The van der Waals surface area contributed by atoms with E-state index in [0.717, 1.165) is 17.7 Å². The van der Waals surface area contributed by atoms with Crippen LogP contribution in [0.15, 0.2) is 0 Å². The van der Waals surface area contributed by atoms with E-state index in [4.69, 9.17) is 9.47 Å². The Morgan fingerprint density at radius 1 is 1.50 bits per heavy atom. The van der Waals surface area contributed by atoms with Gasteiger partial charge in [0.15, 0.2) is 5.69 Å². The van der Waals surface area contributed by atoms with Gasteiger partial charge in [-0.1, -0.05) is 6.92 Å². The van der Waals surface area contributed by atoms with Crippen LogP contribution in [0.5, 0.6) is 0 Å². The maximum atomic E-state index is 12.3. The molecular weight excluding hydrogens is 258 g/mol. The number of nitrogens with one attached hydrogen (secondary N) is 2. The van der Waals surface area contributed by atoms with Crippen molar-refractivity contribution in [2.24, 2.45) is 5.41 Å². The average molecular weight is 279 g/mol. The van der Waals surface area contributed by atoms with Gasteiger partial charge in [-0.05, 0) is 13.8 Å². The second kappa shape index (κ2) is 4.86. The predicted octanol–water partition coefficient (Wildman–Crippen LogP) is 1.20. The Bertz CT molecular complexity index is 522. The highest BCUT2D eigenvalue weighted by Gasteiger charge is 2.35. The van der Waals surface area contributed by atoms with Gasteiger partial charge in [0, 0.05) is 23.9 Å². The predicted molar refractivity (Wildman–Crippen MR) is 72.5 cm³/mol. The van der Waals surface area contributed by atoms with E-state index in [2.05, 4.69) is 22.4 Å². The van der Waals surface area contributed by atoms with E-state index in [1.165, 1.54) is 0 Å². The number of rotatable bonds is 3. The number of nitrogens with zero attached hydrogens (tertiary/aromatic N) is 1. The standard InChI is InChI=1S/C14H21N3O3/c1-8-4-10-11(9(2)20-8)16-17-12(10)13(18)15-5-14(3)6-19-7-14/h8-9H,4-7H2,1-3H3,(H,15,18)(H,16,17)/t8-,9+/m1/s1. The summed E-state index contributed by atoms with van der Waals surface area (Å²) in [6.07, 6.45) is 0.791. The first-order valence-electron chi connectivity index (χ1n) is 7.07. The summed E-state index contributed by atoms with van der Waals surface area (Å²) in [5, 5.41) is 10.1. The van der Waals surface area contributed by atoms with Crippen LogP contribution in [0.3, 0.4) is 0 Å². The van der Waals surface area contributed by atoms with Crippen LogP contribution in [-0.4, -0.2) is 42.0 Å². The van der Waals surface area contributed by atoms with Crippen LogP contribution < -0.4 is 5.32 Å². The van der Waals surface area contributed by atoms with Crippen LogP contribution >= 0.6 is 0 Å². The van der Waals surface area contributed by atoms with E-state index in [1.807, 2.05) is 13.8 Å². The van der Waals surface area contributed by atoms with Crippen molar-refractivity contribution in [3.8, 4) is 0 Å². The first-order chi connectivity index (χ1) is 9.48. The fourth-order valence-corrected chi connectivity index (χ4v) is 2.79. The third-order valence-electron chi connectivity index (χ3n) is 4.03. The first-order valence-corrected chi connectivity index (χ1v) is 7.07. The van der Waals surface area contributed by atoms with Crippen molar-refractivity contribution < 1.29 is 14.3 Å². The van der Waals surface area contributed by atoms with Crippen LogP contribution in [0.25, 0.3) is 0 Å². The van der Waals surface area contributed by atoms with Crippen molar-refractivity contribution >= 4 is 5.91 Å². The van der Waals surface area contributed by atoms with Crippen LogP contribution in [0, 0.1) is 5.41 Å². The molecule has 0 spiro atoms. The van der Waals surface area contributed by atoms with Gasteiger partial charge in [-0.25, -0.2) is 0 Å². The molecule has 0 aromatic carbocycles. The lowest BCUT2D eigenvalue weighted by atomic mass is 9.88. The molecule has 0 saturated carbocycles. The minimum atomic E-state index is -0.114. The molecular formula is C14H21N3O3. The highest BCUT2D eigenvalue weighted by molar-refractivity contribution is 5.94. The fraction of sp³-hybridized carbons (Fsp3) is 0.714. The first kappa shape index (κ1) is 13.6. The Kier molecular flexibility index (Phi) is 3.30. The molecule has 1 aromatic heterocycles. The lowest BCUT2D eigenvalue weighted by Gasteiger charge is -2.37. The number of aromatic nitrogens is 2. The van der Waals surface area contributed by atoms with Crippen LogP contribution in [0.4, 0.5) is 0 Å². The summed E-state index contributed by atoms with van der Waals surface area (Å²) in [7, 11) is 0. The molecule has 0 aliphatic carbocycles. The molecule has 1 aromatic rings. The molecule has 2 N–H and O–H groups in total. The summed E-state index contributed by atoms with van der Waals surface area (Å²) in [6.45, 7) is 8.12. The van der Waals surface area contributed by atoms with Gasteiger partial charge < -0.3 is 14.8 Å². The third kappa shape index (κ3) is 2.33. The monoisotopic (exact) mass is 279 g/mol. The maximum Gasteiger partial charge on any atom is 0.272 e. The molecule has 110 valence electrons. The number of aromatic amines is 1. The SMILES string of the molecule is C[C@@H]1Cc2c(C(=O)NCC3(C)COC3)n[nH]c2[C@H](C)O1. The Morgan fingerprint density at radius 3 is 2.90 bits per heavy atom. The number of fused-ring (bicyclic) bond motifs is 1. The zero-order valence-corrected chi connectivity index (χ0v) is 12.2. The summed E-state index contributed by atoms with van der Waals surface area (Å²) in [6, 6.07) is 0. The molecule has 1 fully saturated rings. The van der Waals surface area contributed by atoms with Crippen molar-refractivity contribution in [2.75, 3.05) is 19.8 Å². The molecule has 6 heteroatoms. The maximum absolute atomic E-state index is 12.3. The van der Waals surface area contributed by atoms with E-state index < -0.39 is 0 Å². The molecule has 2 atom stereocenters. The summed E-state index contributed by atoms with van der Waals surface area (Å²) in [5.41, 5.74) is 2.48. The van der Waals surface area contributed by atoms with Crippen molar-refractivity contribution in [3.05, 3.63) is 17.0 Å². The second-order valence-electron chi connectivity index (χ2n) is 6.24. The van der Waals surface area contributed by atoms with Crippen LogP contribution in [-0.2, 0) is 15.9 Å². The molecule has 1 saturated heterocycles. The summed E-state index contributed by atoms with van der Waals surface area (Å²) in [4.78, 5) is 12.3. The van der Waals surface area contributed by atoms with Crippen molar-refractivity contribution in [1.29, 1.82) is 0 Å². The molecule has 0 bridgehead atoms. The Morgan fingerprint density at radius 2 is 2.25 bits per heavy atom. The molecule has 2 aliphatic rings. The minimum Gasteiger partial charge on any atom is -0.380 e. The molecule has 0 radical (unpaired) electrons. The Labute approximate surface area is 118 Å². The summed E-state index contributed by atoms with van der Waals surface area (Å²) < 4.78 is 10.9. The van der Waals surface area contributed by atoms with Gasteiger partial charge in [0.1, 0.15) is 0 Å². The summed E-state index contributed by atoms with van der Waals surface area (Å²) in [5.74, 6) is -0.114. The highest BCUT2D eigenvalue weighted by Crippen LogP contribution is 2.30. The lowest BCUT2D eigenvalue weighted by Crippen LogP contribution is -2.48. The Hall–Kier alpha value is -1.40. The highest BCUT2D eigenvalue weighted by atomic mass is 16.5. The number of H-pyrrole nitrogens is 1. The normalized spacial score (nSPS) is 27.6.